The SMILES string of the molecule is C#C[C@]1(CO)O[C@@H](n2cnc3c(NC(=O)OCC)nc(F)nc32)C[C@@H]1OC(=O)OCC.C#C[C@]1(CO[Si](c2ccccc2)(c2ccccc2)C(C)(C)C)O[C@@H](n2cnc3c(N)nc(F)nc32)C[C@@H]1O.C#C[C@]1(CO[Si](c2ccccc2)(c2ccccc2)C(C)(C)C)O[C@@H](n2cnc3c(NC(=O)OCC)nc(F)nc32)C[C@@H]1OC(=O)OCC.CCOC(=O)Cl. The third kappa shape index (κ3) is 20.3. The molecule has 2 amide bonds. The lowest BCUT2D eigenvalue weighted by Crippen LogP contribution is -2.68. The molecule has 0 bridgehead atoms. The molecule has 0 unspecified atom stereocenters. The van der Waals surface area contributed by atoms with E-state index >= 15 is 0 Å². The maximum atomic E-state index is 14.7. The molecular weight excluding hydrogens is 1660 g/mol. The number of hydrogen-bond donors (Lipinski definition) is 5. The van der Waals surface area contributed by atoms with Gasteiger partial charge in [0.2, 0.25) is 0 Å². The molecule has 0 spiro atoms. The minimum Gasteiger partial charge on any atom is -0.454 e. The lowest BCUT2D eigenvalue weighted by atomic mass is 9.99. The summed E-state index contributed by atoms with van der Waals surface area (Å²) in [7, 11) is -6.07. The summed E-state index contributed by atoms with van der Waals surface area (Å²) in [5.41, 5.74) is 0.880. The van der Waals surface area contributed by atoms with Gasteiger partial charge in [0.05, 0.1) is 71.8 Å². The fraction of sp³-hybridized carbons (Fsp3) is 0.398. The molecule has 10 aromatic rings. The Morgan fingerprint density at radius 3 is 1.17 bits per heavy atom. The summed E-state index contributed by atoms with van der Waals surface area (Å²) in [5, 5.41) is 29.3. The molecule has 40 heteroatoms. The van der Waals surface area contributed by atoms with Crippen LogP contribution in [-0.2, 0) is 56.2 Å². The van der Waals surface area contributed by atoms with Crippen LogP contribution in [0.15, 0.2) is 140 Å². The molecular formula is C83H93ClF3N15O19Si2. The van der Waals surface area contributed by atoms with Crippen molar-refractivity contribution in [2.24, 2.45) is 0 Å². The lowest BCUT2D eigenvalue weighted by Gasteiger charge is -2.44. The molecule has 0 saturated carbocycles. The van der Waals surface area contributed by atoms with Crippen molar-refractivity contribution in [3.05, 3.63) is 159 Å². The molecule has 34 nitrogen and oxygen atoms in total. The summed E-state index contributed by atoms with van der Waals surface area (Å²) in [6, 6.07) is 40.2. The van der Waals surface area contributed by atoms with E-state index in [1.54, 1.807) is 34.6 Å². The third-order valence-electron chi connectivity index (χ3n) is 20.1. The summed E-state index contributed by atoms with van der Waals surface area (Å²) in [6.45, 7) is 20.9. The first-order valence-corrected chi connectivity index (χ1v) is 43.0. The largest absolute Gasteiger partial charge is 0.508 e. The summed E-state index contributed by atoms with van der Waals surface area (Å²) in [4.78, 5) is 92.7. The fourth-order valence-electron chi connectivity index (χ4n) is 14.6. The molecule has 3 fully saturated rings. The van der Waals surface area contributed by atoms with Gasteiger partial charge in [0.25, 0.3) is 16.6 Å². The highest BCUT2D eigenvalue weighted by atomic mass is 35.5. The number of aliphatic hydroxyl groups is 2. The van der Waals surface area contributed by atoms with E-state index in [1.165, 1.54) is 32.7 Å². The maximum absolute atomic E-state index is 14.7. The number of hydrogen-bond acceptors (Lipinski definition) is 29. The number of carbonyl (C=O) groups is 5. The van der Waals surface area contributed by atoms with Gasteiger partial charge in [0.15, 0.2) is 80.0 Å². The van der Waals surface area contributed by atoms with Crippen LogP contribution >= 0.6 is 11.6 Å². The van der Waals surface area contributed by atoms with E-state index in [2.05, 4.69) is 144 Å². The predicted molar refractivity (Wildman–Crippen MR) is 447 cm³/mol. The quantitative estimate of drug-likeness (QED) is 0.00991. The number of amides is 2. The van der Waals surface area contributed by atoms with Crippen LogP contribution in [0.4, 0.5) is 54.6 Å². The Hall–Kier alpha value is -12.2. The molecule has 13 rings (SSSR count). The number of benzene rings is 4. The van der Waals surface area contributed by atoms with Crippen molar-refractivity contribution < 1.29 is 104 Å². The van der Waals surface area contributed by atoms with Crippen molar-refractivity contribution in [3.8, 4) is 37.0 Å². The van der Waals surface area contributed by atoms with Crippen molar-refractivity contribution in [2.45, 2.75) is 159 Å². The molecule has 123 heavy (non-hydrogen) atoms. The van der Waals surface area contributed by atoms with E-state index in [1.807, 2.05) is 97.1 Å². The number of rotatable bonds is 23. The van der Waals surface area contributed by atoms with E-state index in [-0.39, 0.29) is 115 Å². The molecule has 4 aromatic carbocycles. The molecule has 0 aliphatic carbocycles. The predicted octanol–water partition coefficient (Wildman–Crippen LogP) is 10.5. The van der Waals surface area contributed by atoms with Gasteiger partial charge in [-0.1, -0.05) is 181 Å². The van der Waals surface area contributed by atoms with Crippen LogP contribution in [0.1, 0.15) is 114 Å². The van der Waals surface area contributed by atoms with Crippen molar-refractivity contribution in [2.75, 3.05) is 69.2 Å². The Bertz CT molecular complexity index is 5410. The number of aromatic nitrogens is 12. The molecule has 650 valence electrons. The van der Waals surface area contributed by atoms with Crippen LogP contribution in [0.2, 0.25) is 10.1 Å². The normalized spacial score (nSPS) is 20.5. The van der Waals surface area contributed by atoms with Gasteiger partial charge in [-0.2, -0.15) is 43.1 Å². The van der Waals surface area contributed by atoms with E-state index in [0.29, 0.717) is 6.61 Å². The maximum Gasteiger partial charge on any atom is 0.508 e. The fourth-order valence-corrected chi connectivity index (χ4v) is 23.8. The number of carbonyl (C=O) groups excluding carboxylic acids is 5. The molecule has 3 aliphatic heterocycles. The topological polar surface area (TPSA) is 417 Å². The van der Waals surface area contributed by atoms with Gasteiger partial charge < -0.3 is 72.2 Å². The van der Waals surface area contributed by atoms with E-state index in [0.717, 1.165) is 20.7 Å². The Kier molecular flexibility index (Phi) is 30.4. The molecule has 3 aliphatic rings. The smallest absolute Gasteiger partial charge is 0.454 e. The average Bonchev–Trinajstić information content (AvgIpc) is 1.31. The van der Waals surface area contributed by atoms with Crippen molar-refractivity contribution in [3.63, 3.8) is 0 Å². The van der Waals surface area contributed by atoms with Gasteiger partial charge in [0.1, 0.15) is 24.8 Å². The zero-order chi connectivity index (χ0) is 89.2. The molecule has 9 heterocycles. The second kappa shape index (κ2) is 40.2. The molecule has 3 saturated heterocycles. The van der Waals surface area contributed by atoms with E-state index in [9.17, 15) is 47.4 Å². The first-order chi connectivity index (χ1) is 58.7. The Morgan fingerprint density at radius 1 is 0.504 bits per heavy atom. The van der Waals surface area contributed by atoms with Crippen LogP contribution in [0.3, 0.4) is 0 Å². The minimum absolute atomic E-state index is 0.00917. The van der Waals surface area contributed by atoms with Gasteiger partial charge in [-0.15, -0.1) is 19.3 Å². The second-order valence-electron chi connectivity index (χ2n) is 29.6. The highest BCUT2D eigenvalue weighted by Crippen LogP contribution is 2.46. The van der Waals surface area contributed by atoms with Gasteiger partial charge in [0, 0.05) is 30.9 Å². The average molecular weight is 1750 g/mol. The molecule has 9 atom stereocenters. The van der Waals surface area contributed by atoms with Crippen LogP contribution in [0.5, 0.6) is 0 Å². The third-order valence-corrected chi connectivity index (χ3v) is 30.1. The van der Waals surface area contributed by atoms with Crippen LogP contribution in [0.25, 0.3) is 33.5 Å². The van der Waals surface area contributed by atoms with Crippen LogP contribution in [-0.4, -0.2) is 203 Å². The number of nitrogens with one attached hydrogen (secondary N) is 2. The van der Waals surface area contributed by atoms with Crippen molar-refractivity contribution in [1.82, 2.24) is 58.6 Å². The number of anilines is 3. The molecule has 6 N–H and O–H groups in total. The van der Waals surface area contributed by atoms with Crippen LogP contribution < -0.4 is 37.1 Å². The van der Waals surface area contributed by atoms with E-state index in [4.69, 9.17) is 88.1 Å². The standard InChI is InChI=1S/C34H38FN5O7Si.C28H30FN5O3Si.C18H20FN5O7.C3H5ClO2/c1-7-34(21-45-48(33(4,5)6,23-16-12-10-13-17-23)24-18-14-11-15-19-24)25(46-32(42)44-9-3)20-26(47-34)40-22-36-27-28(38-31(41)43-8-2)37-30(35)39-29(27)40;1-5-28(21(35)16-22(37-28)34-18-31-23-24(30)32-26(29)33-25(23)34)17-36-38(27(2,3)4,19-12-8-6-9-13-19)20-14-10-7-11-15-20;1-4-18(8-25)10(30-17(27)29-6-3)7-11(31-18)24-9-20-12-13(22-16(26)28-5-2)21-15(19)23-14(12)24;1-2-6-3(4)5/h1,10-19,22,25-26H,8-9,20-21H2,2-6H3,(H,37,38,39,41);1,6-15,18,21-22,35H,16-17H2,2-4H3,(H2,30,32,33);1,9-11,25H,5-8H2,2-3H3,(H,21,22,23,26);2H2,1H3/t25-,26+,34+;21-,22+,28+;10-,11+,18+;/m000./s1. The molecule has 0 radical (unpaired) electrons. The summed E-state index contributed by atoms with van der Waals surface area (Å²) < 4.78 is 115. The van der Waals surface area contributed by atoms with Crippen molar-refractivity contribution >= 4 is 130 Å². The minimum atomic E-state index is -3.12. The number of nitrogens with zero attached hydrogens (tertiary/aromatic N) is 12. The Balaban J connectivity index is 0.000000191. The monoisotopic (exact) mass is 1750 g/mol. The van der Waals surface area contributed by atoms with Gasteiger partial charge in [-0.25, -0.2) is 38.9 Å². The van der Waals surface area contributed by atoms with Gasteiger partial charge >= 0.3 is 48.2 Å². The number of nitrogen functional groups attached to an aromatic ring is 1. The zero-order valence-electron chi connectivity index (χ0n) is 69.0. The van der Waals surface area contributed by atoms with E-state index < -0.39 is 130 Å². The zero-order valence-corrected chi connectivity index (χ0v) is 71.8. The van der Waals surface area contributed by atoms with Gasteiger partial charge in [-0.05, 0) is 65.4 Å². The molecule has 6 aromatic heterocycles. The van der Waals surface area contributed by atoms with Crippen molar-refractivity contribution in [1.29, 1.82) is 0 Å². The Morgan fingerprint density at radius 2 is 0.829 bits per heavy atom. The number of imidazole rings is 3. The number of ether oxygens (including phenoxy) is 10. The van der Waals surface area contributed by atoms with Gasteiger partial charge in [-0.3, -0.25) is 24.3 Å². The first kappa shape index (κ1) is 93.1. The highest BCUT2D eigenvalue weighted by molar-refractivity contribution is 7.00. The second-order valence-corrected chi connectivity index (χ2v) is 38.5. The lowest BCUT2D eigenvalue weighted by molar-refractivity contribution is -0.0973. The number of aliphatic hydroxyl groups excluding tert-OH is 2. The number of fused-ring (bicyclic) bond motifs is 3. The number of terminal acetylenes is 3. The van der Waals surface area contributed by atoms with Crippen LogP contribution in [0, 0.1) is 55.3 Å². The highest BCUT2D eigenvalue weighted by Gasteiger charge is 2.59. The Labute approximate surface area is 712 Å². The summed E-state index contributed by atoms with van der Waals surface area (Å²) in [5.74, 6) is 7.24. The number of halogens is 4. The number of nitrogens with two attached hydrogens (primary N) is 1. The summed E-state index contributed by atoms with van der Waals surface area (Å²) >= 11 is 4.72. The summed E-state index contributed by atoms with van der Waals surface area (Å²) in [6.07, 6.45) is 9.37. The first-order valence-electron chi connectivity index (χ1n) is 38.8.